The van der Waals surface area contributed by atoms with Gasteiger partial charge in [-0.25, -0.2) is 9.18 Å². The lowest BCUT2D eigenvalue weighted by Gasteiger charge is -2.25. The van der Waals surface area contributed by atoms with Crippen molar-refractivity contribution in [2.75, 3.05) is 11.5 Å². The van der Waals surface area contributed by atoms with Crippen molar-refractivity contribution < 1.29 is 28.3 Å². The molecule has 2 aromatic rings. The van der Waals surface area contributed by atoms with Gasteiger partial charge in [-0.3, -0.25) is 19.3 Å². The van der Waals surface area contributed by atoms with E-state index in [9.17, 15) is 23.6 Å². The minimum atomic E-state index is -0.748. The maximum atomic E-state index is 13.0. The van der Waals surface area contributed by atoms with Gasteiger partial charge in [0.15, 0.2) is 12.4 Å². The molecule has 0 radical (unpaired) electrons. The van der Waals surface area contributed by atoms with Gasteiger partial charge in [-0.15, -0.1) is 0 Å². The summed E-state index contributed by atoms with van der Waals surface area (Å²) >= 11 is 0. The van der Waals surface area contributed by atoms with E-state index < -0.39 is 24.2 Å². The van der Waals surface area contributed by atoms with Gasteiger partial charge in [0, 0.05) is 5.56 Å². The molecule has 2 aliphatic rings. The summed E-state index contributed by atoms with van der Waals surface area (Å²) in [4.78, 5) is 51.5. The van der Waals surface area contributed by atoms with Gasteiger partial charge in [0.2, 0.25) is 11.8 Å². The summed E-state index contributed by atoms with van der Waals surface area (Å²) in [5.74, 6) is -2.33. The van der Waals surface area contributed by atoms with Crippen LogP contribution in [0.15, 0.2) is 48.5 Å². The van der Waals surface area contributed by atoms with Crippen molar-refractivity contribution in [3.05, 3.63) is 65.5 Å². The fourth-order valence-electron chi connectivity index (χ4n) is 4.35. The van der Waals surface area contributed by atoms with E-state index in [1.807, 2.05) is 0 Å². The SMILES string of the molecule is C[C@H]1CC[C@@H]2C(=O)N(c3cccc(C(=O)OCC(=O)c4ccc(F)cc4)c3)C(=O)[C@@H]2C1. The standard InChI is InChI=1S/C24H22FNO5/c1-14-5-10-19-20(11-14)23(29)26(22(19)28)18-4-2-3-16(12-18)24(30)31-13-21(27)15-6-8-17(25)9-7-15/h2-4,6-9,12,14,19-20H,5,10-11,13H2,1H3/t14-,19-,20+/m0/s1. The van der Waals surface area contributed by atoms with E-state index in [1.54, 1.807) is 12.1 Å². The van der Waals surface area contributed by atoms with Crippen molar-refractivity contribution in [1.29, 1.82) is 0 Å². The van der Waals surface area contributed by atoms with Crippen LogP contribution >= 0.6 is 0 Å². The summed E-state index contributed by atoms with van der Waals surface area (Å²) in [5, 5.41) is 0. The highest BCUT2D eigenvalue weighted by molar-refractivity contribution is 6.22. The maximum Gasteiger partial charge on any atom is 0.338 e. The lowest BCUT2D eigenvalue weighted by molar-refractivity contribution is -0.122. The van der Waals surface area contributed by atoms with Crippen molar-refractivity contribution in [2.24, 2.45) is 17.8 Å². The van der Waals surface area contributed by atoms with E-state index in [0.29, 0.717) is 24.4 Å². The number of halogens is 1. The van der Waals surface area contributed by atoms with Crippen LogP contribution in [0, 0.1) is 23.6 Å². The Balaban J connectivity index is 1.46. The molecule has 2 amide bonds. The molecule has 1 aliphatic heterocycles. The Morgan fingerprint density at radius 2 is 1.71 bits per heavy atom. The fourth-order valence-corrected chi connectivity index (χ4v) is 4.35. The number of amides is 2. The number of carbonyl (C=O) groups excluding carboxylic acids is 4. The number of fused-ring (bicyclic) bond motifs is 1. The molecule has 31 heavy (non-hydrogen) atoms. The van der Waals surface area contributed by atoms with Crippen LogP contribution in [0.1, 0.15) is 46.9 Å². The molecule has 3 atom stereocenters. The summed E-state index contributed by atoms with van der Waals surface area (Å²) in [6.45, 7) is 1.58. The molecule has 2 fully saturated rings. The summed E-state index contributed by atoms with van der Waals surface area (Å²) in [6.07, 6.45) is 2.31. The van der Waals surface area contributed by atoms with Gasteiger partial charge in [-0.2, -0.15) is 0 Å². The first-order valence-corrected chi connectivity index (χ1v) is 10.3. The first kappa shape index (κ1) is 20.9. The average molecular weight is 423 g/mol. The molecule has 7 heteroatoms. The fraction of sp³-hybridized carbons (Fsp3) is 0.333. The number of nitrogens with zero attached hydrogens (tertiary/aromatic N) is 1. The number of anilines is 1. The number of imide groups is 1. The van der Waals surface area contributed by atoms with Crippen molar-refractivity contribution in [1.82, 2.24) is 0 Å². The second-order valence-electron chi connectivity index (χ2n) is 8.20. The molecule has 1 saturated heterocycles. The van der Waals surface area contributed by atoms with Crippen molar-refractivity contribution in [3.63, 3.8) is 0 Å². The molecule has 160 valence electrons. The van der Waals surface area contributed by atoms with E-state index >= 15 is 0 Å². The quantitative estimate of drug-likeness (QED) is 0.415. The van der Waals surface area contributed by atoms with Crippen LogP contribution in [-0.4, -0.2) is 30.2 Å². The van der Waals surface area contributed by atoms with Gasteiger partial charge in [-0.05, 0) is 67.6 Å². The minimum Gasteiger partial charge on any atom is -0.454 e. The third-order valence-electron chi connectivity index (χ3n) is 6.03. The number of esters is 1. The Hall–Kier alpha value is -3.35. The van der Waals surface area contributed by atoms with Gasteiger partial charge in [0.05, 0.1) is 23.1 Å². The van der Waals surface area contributed by atoms with E-state index in [0.717, 1.165) is 18.6 Å². The third kappa shape index (κ3) is 4.13. The number of Topliss-reactive ketones (excluding diaryl/α,β-unsaturated/α-hetero) is 1. The molecule has 1 aliphatic carbocycles. The van der Waals surface area contributed by atoms with Gasteiger partial charge in [-0.1, -0.05) is 13.0 Å². The Labute approximate surface area is 179 Å². The molecule has 0 spiro atoms. The molecule has 1 saturated carbocycles. The Morgan fingerprint density at radius 3 is 2.45 bits per heavy atom. The highest BCUT2D eigenvalue weighted by Gasteiger charge is 2.50. The first-order valence-electron chi connectivity index (χ1n) is 10.3. The second-order valence-corrected chi connectivity index (χ2v) is 8.20. The van der Waals surface area contributed by atoms with Crippen molar-refractivity contribution in [2.45, 2.75) is 26.2 Å². The Morgan fingerprint density at radius 1 is 1.00 bits per heavy atom. The maximum absolute atomic E-state index is 13.0. The van der Waals surface area contributed by atoms with E-state index in [2.05, 4.69) is 6.92 Å². The smallest absolute Gasteiger partial charge is 0.338 e. The van der Waals surface area contributed by atoms with Crippen molar-refractivity contribution in [3.8, 4) is 0 Å². The molecule has 0 aromatic heterocycles. The Bertz CT molecular complexity index is 1050. The molecule has 0 N–H and O–H groups in total. The van der Waals surface area contributed by atoms with Crippen LogP contribution in [0.3, 0.4) is 0 Å². The molecule has 0 unspecified atom stereocenters. The molecular weight excluding hydrogens is 401 g/mol. The zero-order valence-electron chi connectivity index (χ0n) is 17.0. The van der Waals surface area contributed by atoms with Crippen LogP contribution in [0.4, 0.5) is 10.1 Å². The zero-order valence-corrected chi connectivity index (χ0v) is 17.0. The monoisotopic (exact) mass is 423 g/mol. The molecule has 0 bridgehead atoms. The largest absolute Gasteiger partial charge is 0.454 e. The van der Waals surface area contributed by atoms with Crippen LogP contribution in [-0.2, 0) is 14.3 Å². The predicted molar refractivity (Wildman–Crippen MR) is 110 cm³/mol. The molecule has 4 rings (SSSR count). The van der Waals surface area contributed by atoms with E-state index in [4.69, 9.17) is 4.74 Å². The highest BCUT2D eigenvalue weighted by Crippen LogP contribution is 2.42. The number of hydrogen-bond acceptors (Lipinski definition) is 5. The first-order chi connectivity index (χ1) is 14.8. The second kappa shape index (κ2) is 8.41. The number of ether oxygens (including phenoxy) is 1. The van der Waals surface area contributed by atoms with Crippen LogP contribution in [0.5, 0.6) is 0 Å². The highest BCUT2D eigenvalue weighted by atomic mass is 19.1. The van der Waals surface area contributed by atoms with Crippen molar-refractivity contribution >= 4 is 29.3 Å². The van der Waals surface area contributed by atoms with Gasteiger partial charge in [0.1, 0.15) is 5.82 Å². The summed E-state index contributed by atoms with van der Waals surface area (Å²) in [7, 11) is 0. The number of rotatable bonds is 5. The molecular formula is C24H22FNO5. The normalized spacial score (nSPS) is 22.9. The van der Waals surface area contributed by atoms with E-state index in [-0.39, 0.29) is 34.8 Å². The topological polar surface area (TPSA) is 80.8 Å². The van der Waals surface area contributed by atoms with E-state index in [1.165, 1.54) is 29.2 Å². The number of benzene rings is 2. The summed E-state index contributed by atoms with van der Waals surface area (Å²) in [5.41, 5.74) is 0.692. The number of carbonyl (C=O) groups is 4. The third-order valence-corrected chi connectivity index (χ3v) is 6.03. The van der Waals surface area contributed by atoms with Crippen LogP contribution in [0.2, 0.25) is 0 Å². The summed E-state index contributed by atoms with van der Waals surface area (Å²) in [6, 6.07) is 11.0. The lowest BCUT2D eigenvalue weighted by Crippen LogP contribution is -2.31. The predicted octanol–water partition coefficient (Wildman–Crippen LogP) is 3.79. The molecule has 2 aromatic carbocycles. The van der Waals surface area contributed by atoms with Gasteiger partial charge >= 0.3 is 5.97 Å². The van der Waals surface area contributed by atoms with Gasteiger partial charge < -0.3 is 4.74 Å². The van der Waals surface area contributed by atoms with Crippen LogP contribution in [0.25, 0.3) is 0 Å². The Kier molecular flexibility index (Phi) is 5.67. The van der Waals surface area contributed by atoms with Gasteiger partial charge in [0.25, 0.3) is 0 Å². The zero-order chi connectivity index (χ0) is 22.1. The average Bonchev–Trinajstić information content (AvgIpc) is 3.01. The summed E-state index contributed by atoms with van der Waals surface area (Å²) < 4.78 is 18.1. The number of ketones is 1. The minimum absolute atomic E-state index is 0.133. The molecule has 6 nitrogen and oxygen atoms in total. The lowest BCUT2D eigenvalue weighted by atomic mass is 9.76. The number of hydrogen-bond donors (Lipinski definition) is 0. The van der Waals surface area contributed by atoms with Crippen LogP contribution < -0.4 is 4.90 Å². The molecule has 1 heterocycles.